The molecule has 6 N–H and O–H groups in total. The summed E-state index contributed by atoms with van der Waals surface area (Å²) in [6, 6.07) is 7.24. The first-order valence-corrected chi connectivity index (χ1v) is 20.2. The number of rotatable bonds is 16. The molecular formula is C31H55N5O13P2. The average molecular weight is 768 g/mol. The predicted molar refractivity (Wildman–Crippen MR) is 189 cm³/mol. The molecule has 1 aliphatic rings. The number of aliphatic hydroxyl groups is 2. The highest BCUT2D eigenvalue weighted by Gasteiger charge is 2.45. The van der Waals surface area contributed by atoms with Crippen molar-refractivity contribution >= 4 is 21.2 Å². The van der Waals surface area contributed by atoms with E-state index < -0.39 is 63.9 Å². The van der Waals surface area contributed by atoms with Crippen molar-refractivity contribution in [2.75, 3.05) is 51.8 Å². The smallest absolute Gasteiger partial charge is 0.340 e. The summed E-state index contributed by atoms with van der Waals surface area (Å²) in [5, 5.41) is 33.4. The van der Waals surface area contributed by atoms with Gasteiger partial charge in [-0.15, -0.1) is 0 Å². The summed E-state index contributed by atoms with van der Waals surface area (Å²) in [6.45, 7) is 19.4. The van der Waals surface area contributed by atoms with Gasteiger partial charge in [0.25, 0.3) is 0 Å². The van der Waals surface area contributed by atoms with Gasteiger partial charge in [-0.05, 0) is 57.0 Å². The maximum absolute atomic E-state index is 12.8. The Morgan fingerprint density at radius 2 is 1.39 bits per heavy atom. The molecule has 3 rings (SSSR count). The highest BCUT2D eigenvalue weighted by atomic mass is 31.2. The molecule has 0 spiro atoms. The first kappa shape index (κ1) is 46.3. The van der Waals surface area contributed by atoms with Crippen LogP contribution in [0.3, 0.4) is 0 Å². The fourth-order valence-electron chi connectivity index (χ4n) is 4.70. The monoisotopic (exact) mass is 767 g/mol. The van der Waals surface area contributed by atoms with Crippen LogP contribution in [-0.4, -0.2) is 125 Å². The van der Waals surface area contributed by atoms with Crippen molar-refractivity contribution < 1.29 is 58.0 Å². The fourth-order valence-corrected chi connectivity index (χ4v) is 7.27. The van der Waals surface area contributed by atoms with Gasteiger partial charge >= 0.3 is 26.9 Å². The zero-order valence-electron chi connectivity index (χ0n) is 30.3. The number of carboxylic acid groups (broad SMARTS) is 1. The van der Waals surface area contributed by atoms with E-state index in [1.807, 2.05) is 0 Å². The predicted octanol–water partition coefficient (Wildman–Crippen LogP) is 1.57. The van der Waals surface area contributed by atoms with E-state index >= 15 is 0 Å². The summed E-state index contributed by atoms with van der Waals surface area (Å²) < 4.78 is 34.8. The number of benzene rings is 1. The Hall–Kier alpha value is -2.73. The lowest BCUT2D eigenvalue weighted by Crippen LogP contribution is -2.42. The fraction of sp³-hybridized carbons (Fsp3) is 0.645. The minimum Gasteiger partial charge on any atom is -0.478 e. The number of aliphatic hydroxyl groups excluding tert-OH is 2. The zero-order valence-corrected chi connectivity index (χ0v) is 32.1. The molecule has 0 amide bonds. The number of nitrogens with zero attached hydrogens (tertiary/aromatic N) is 5. The number of aromatic carboxylic acids is 1. The molecule has 5 atom stereocenters. The Labute approximate surface area is 298 Å². The molecule has 0 aliphatic carbocycles. The number of ether oxygens (including phenoxy) is 1. The summed E-state index contributed by atoms with van der Waals surface area (Å²) in [4.78, 5) is 61.0. The van der Waals surface area contributed by atoms with E-state index in [2.05, 4.69) is 61.0 Å². The molecule has 18 nitrogen and oxygen atoms in total. The van der Waals surface area contributed by atoms with Crippen molar-refractivity contribution in [2.45, 2.75) is 72.7 Å². The summed E-state index contributed by atoms with van der Waals surface area (Å²) >= 11 is 0. The van der Waals surface area contributed by atoms with Gasteiger partial charge in [-0.25, -0.2) is 9.59 Å². The Morgan fingerprint density at radius 1 is 0.882 bits per heavy atom. The molecular weight excluding hydrogens is 712 g/mol. The molecule has 1 unspecified atom stereocenters. The van der Waals surface area contributed by atoms with Crippen molar-refractivity contribution in [2.24, 2.45) is 12.2 Å². The highest BCUT2D eigenvalue weighted by molar-refractivity contribution is 7.70. The molecule has 0 bridgehead atoms. The summed E-state index contributed by atoms with van der Waals surface area (Å²) in [6.07, 6.45) is -4.92. The van der Waals surface area contributed by atoms with E-state index in [-0.39, 0.29) is 17.7 Å². The molecule has 1 aromatic heterocycles. The number of hydrogen-bond acceptors (Lipinski definition) is 12. The maximum Gasteiger partial charge on any atom is 0.340 e. The molecule has 51 heavy (non-hydrogen) atoms. The molecule has 2 heterocycles. The van der Waals surface area contributed by atoms with Crippen LogP contribution in [0.15, 0.2) is 46.5 Å². The van der Waals surface area contributed by atoms with Crippen molar-refractivity contribution in [1.29, 1.82) is 0 Å². The van der Waals surface area contributed by atoms with Crippen LogP contribution in [0.4, 0.5) is 0 Å². The van der Waals surface area contributed by atoms with Crippen molar-refractivity contribution in [3.05, 3.63) is 63.6 Å². The zero-order chi connectivity index (χ0) is 38.9. The minimum absolute atomic E-state index is 0.0158. The second-order valence-corrected chi connectivity index (χ2v) is 15.3. The average Bonchev–Trinajstić information content (AvgIpc) is 3.36. The SMILES string of the molecule is CCN(CC)CC.CCN(CC)CC.Cn1c(=O)n([C@@H]2O[C@H](COP(=O)(O)CP(=O)(O)O)[C@@H](O)[C@H]2O)cc/c1=N/OCc1ccc(C(=O)O)cc1. The number of hydrogen-bond donors (Lipinski definition) is 6. The van der Waals surface area contributed by atoms with Crippen molar-refractivity contribution in [1.82, 2.24) is 18.9 Å². The second-order valence-electron chi connectivity index (χ2n) is 11.3. The second kappa shape index (κ2) is 22.4. The summed E-state index contributed by atoms with van der Waals surface area (Å²) in [5.74, 6) is -2.51. The van der Waals surface area contributed by atoms with E-state index in [1.54, 1.807) is 12.1 Å². The van der Waals surface area contributed by atoms with Crippen LogP contribution in [0.25, 0.3) is 0 Å². The van der Waals surface area contributed by atoms with Crippen LogP contribution in [0.2, 0.25) is 0 Å². The van der Waals surface area contributed by atoms with E-state index in [0.29, 0.717) is 5.56 Å². The van der Waals surface area contributed by atoms with E-state index in [0.717, 1.165) is 9.13 Å². The number of carboxylic acids is 1. The van der Waals surface area contributed by atoms with Crippen LogP contribution >= 0.6 is 15.2 Å². The lowest BCUT2D eigenvalue weighted by Gasteiger charge is -2.19. The third-order valence-electron chi connectivity index (χ3n) is 7.92. The molecule has 292 valence electrons. The molecule has 1 saturated heterocycles. The Morgan fingerprint density at radius 3 is 1.82 bits per heavy atom. The van der Waals surface area contributed by atoms with Gasteiger partial charge in [-0.1, -0.05) is 58.8 Å². The minimum atomic E-state index is -4.86. The van der Waals surface area contributed by atoms with Crippen LogP contribution in [0.1, 0.15) is 63.7 Å². The van der Waals surface area contributed by atoms with Gasteiger partial charge in [0.1, 0.15) is 24.9 Å². The Balaban J connectivity index is 0.000000780. The van der Waals surface area contributed by atoms with E-state index in [1.165, 1.54) is 70.7 Å². The molecule has 1 fully saturated rings. The van der Waals surface area contributed by atoms with Crippen molar-refractivity contribution in [3.8, 4) is 0 Å². The standard InChI is InChI=1S/C19H25N3O13P2.2C6H15N/c1-21-14(20-33-8-11-2-4-12(5-3-11)18(25)26)6-7-22(19(21)27)17-16(24)15(23)13(35-17)9-34-37(31,32)10-36(28,29)30;2*1-4-7(5-2)6-3/h2-7,13,15-17,23-24H,8-10H2,1H3,(H,25,26)(H,31,32)(H2,28,29,30);2*4-6H2,1-3H3/b20-14-;;/t13-,15-,16-,17-;;/m1../s1. The Kier molecular flexibility index (Phi) is 20.3. The van der Waals surface area contributed by atoms with Crippen LogP contribution in [0, 0.1) is 0 Å². The van der Waals surface area contributed by atoms with Crippen LogP contribution in [-0.2, 0) is 36.9 Å². The largest absolute Gasteiger partial charge is 0.478 e. The summed E-state index contributed by atoms with van der Waals surface area (Å²) in [5.41, 5.74) is 0.0814. The molecule has 1 aromatic carbocycles. The van der Waals surface area contributed by atoms with Gasteiger partial charge in [-0.3, -0.25) is 18.3 Å². The first-order chi connectivity index (χ1) is 23.9. The molecule has 2 aromatic rings. The quantitative estimate of drug-likeness (QED) is 0.105. The molecule has 20 heteroatoms. The van der Waals surface area contributed by atoms with Gasteiger partial charge in [0.2, 0.25) is 0 Å². The van der Waals surface area contributed by atoms with Crippen LogP contribution < -0.4 is 11.2 Å². The van der Waals surface area contributed by atoms with E-state index in [9.17, 15) is 33.8 Å². The topological polar surface area (TPSA) is 246 Å². The first-order valence-electron chi connectivity index (χ1n) is 16.6. The Bertz CT molecular complexity index is 1530. The third-order valence-corrected chi connectivity index (χ3v) is 11.4. The lowest BCUT2D eigenvalue weighted by atomic mass is 10.1. The molecule has 1 aliphatic heterocycles. The number of aromatic nitrogens is 2. The molecule has 0 saturated carbocycles. The van der Waals surface area contributed by atoms with Gasteiger partial charge in [0.05, 0.1) is 12.2 Å². The number of carbonyl (C=O) groups is 1. The highest BCUT2D eigenvalue weighted by Crippen LogP contribution is 2.55. The van der Waals surface area contributed by atoms with Gasteiger partial charge in [-0.2, -0.15) is 0 Å². The van der Waals surface area contributed by atoms with Crippen LogP contribution in [0.5, 0.6) is 0 Å². The summed E-state index contributed by atoms with van der Waals surface area (Å²) in [7, 11) is -8.24. The van der Waals surface area contributed by atoms with Gasteiger partial charge in [0, 0.05) is 19.3 Å². The van der Waals surface area contributed by atoms with Gasteiger partial charge in [0.15, 0.2) is 17.6 Å². The maximum atomic E-state index is 12.8. The normalized spacial score (nSPS) is 20.3. The van der Waals surface area contributed by atoms with E-state index in [4.69, 9.17) is 24.5 Å². The molecule has 0 radical (unpaired) electrons. The van der Waals surface area contributed by atoms with Gasteiger partial charge < -0.3 is 53.9 Å². The van der Waals surface area contributed by atoms with Crippen molar-refractivity contribution in [3.63, 3.8) is 0 Å². The third kappa shape index (κ3) is 15.8. The lowest BCUT2D eigenvalue weighted by molar-refractivity contribution is -0.0530.